The Labute approximate surface area is 172 Å². The van der Waals surface area contributed by atoms with Crippen LogP contribution in [-0.4, -0.2) is 56.3 Å². The van der Waals surface area contributed by atoms with Crippen molar-refractivity contribution in [1.29, 1.82) is 0 Å². The van der Waals surface area contributed by atoms with Gasteiger partial charge in [-0.15, -0.1) is 35.5 Å². The summed E-state index contributed by atoms with van der Waals surface area (Å²) in [7, 11) is 1.27. The number of nitrogens with zero attached hydrogens (tertiary/aromatic N) is 3. The van der Waals surface area contributed by atoms with Gasteiger partial charge in [-0.3, -0.25) is 14.5 Å². The van der Waals surface area contributed by atoms with Crippen LogP contribution in [0.1, 0.15) is 12.1 Å². The number of thiazole rings is 1. The molecule has 0 radical (unpaired) electrons. The predicted octanol–water partition coefficient (Wildman–Crippen LogP) is 0.780. The van der Waals surface area contributed by atoms with Gasteiger partial charge < -0.3 is 21.0 Å². The molecule has 1 aromatic rings. The van der Waals surface area contributed by atoms with Gasteiger partial charge in [0.25, 0.3) is 5.91 Å². The van der Waals surface area contributed by atoms with Crippen molar-refractivity contribution in [1.82, 2.24) is 15.2 Å². The fourth-order valence-corrected chi connectivity index (χ4v) is 4.64. The molecule has 0 aromatic carbocycles. The van der Waals surface area contributed by atoms with Crippen LogP contribution in [-0.2, 0) is 19.2 Å². The van der Waals surface area contributed by atoms with E-state index in [1.807, 2.05) is 0 Å². The minimum Gasteiger partial charge on any atom is -0.477 e. The van der Waals surface area contributed by atoms with E-state index in [9.17, 15) is 19.5 Å². The van der Waals surface area contributed by atoms with E-state index < -0.39 is 22.6 Å². The topological polar surface area (TPSA) is 147 Å². The number of carboxylic acids is 1. The maximum Gasteiger partial charge on any atom is 0.353 e. The van der Waals surface area contributed by atoms with Gasteiger partial charge in [0.05, 0.1) is 16.8 Å². The lowest BCUT2D eigenvalue weighted by Gasteiger charge is -2.45. The fourth-order valence-electron chi connectivity index (χ4n) is 2.40. The van der Waals surface area contributed by atoms with Gasteiger partial charge in [-0.2, -0.15) is 0 Å². The highest BCUT2D eigenvalue weighted by molar-refractivity contribution is 8.00. The number of aliphatic carboxylic acids is 1. The van der Waals surface area contributed by atoms with Crippen molar-refractivity contribution < 1.29 is 24.3 Å². The summed E-state index contributed by atoms with van der Waals surface area (Å²) in [6, 6.07) is 0. The summed E-state index contributed by atoms with van der Waals surface area (Å²) in [6.45, 7) is 0. The zero-order valence-electron chi connectivity index (χ0n) is 13.5. The molecule has 4 N–H and O–H groups in total. The number of aromatic nitrogens is 1. The second-order valence-electron chi connectivity index (χ2n) is 5.11. The summed E-state index contributed by atoms with van der Waals surface area (Å²) < 4.78 is 0. The number of nitrogens with two attached hydrogens (primary N) is 1. The number of fused-ring (bicyclic) bond motifs is 1. The summed E-state index contributed by atoms with van der Waals surface area (Å²) in [6.07, 6.45) is 0.166. The van der Waals surface area contributed by atoms with Gasteiger partial charge in [-0.1, -0.05) is 16.8 Å². The van der Waals surface area contributed by atoms with Gasteiger partial charge in [0.2, 0.25) is 5.91 Å². The lowest BCUT2D eigenvalue weighted by molar-refractivity contribution is -0.146. The molecule has 1 aromatic heterocycles. The number of amides is 2. The monoisotopic (exact) mass is 453 g/mol. The molecular formula is C13H13Cl2N5O5S2. The first kappa shape index (κ1) is 21.3. The van der Waals surface area contributed by atoms with Crippen LogP contribution in [0.4, 0.5) is 5.13 Å². The molecule has 3 heterocycles. The maximum absolute atomic E-state index is 12.6. The van der Waals surface area contributed by atoms with Gasteiger partial charge in [-0.05, 0) is 0 Å². The number of rotatable bonds is 5. The van der Waals surface area contributed by atoms with Crippen molar-refractivity contribution in [2.45, 2.75) is 17.2 Å². The molecule has 2 amide bonds. The summed E-state index contributed by atoms with van der Waals surface area (Å²) in [5, 5.41) is 16.0. The third-order valence-corrected chi connectivity index (χ3v) is 6.04. The molecule has 2 atom stereocenters. The third kappa shape index (κ3) is 3.98. The van der Waals surface area contributed by atoms with Crippen LogP contribution >= 0.6 is 47.1 Å². The Morgan fingerprint density at radius 2 is 2.26 bits per heavy atom. The average molecular weight is 454 g/mol. The molecule has 1 unspecified atom stereocenters. The lowest BCUT2D eigenvalue weighted by Crippen LogP contribution is -2.57. The number of carboxylic acid groups (broad SMARTS) is 1. The summed E-state index contributed by atoms with van der Waals surface area (Å²) in [4.78, 5) is 45.5. The van der Waals surface area contributed by atoms with Gasteiger partial charge in [0.1, 0.15) is 23.9 Å². The second-order valence-corrected chi connectivity index (χ2v) is 7.69. The lowest BCUT2D eigenvalue weighted by atomic mass is 10.1. The number of β-lactam (4-membered cyclic amide) rings is 1. The predicted molar refractivity (Wildman–Crippen MR) is 103 cm³/mol. The van der Waals surface area contributed by atoms with Crippen molar-refractivity contribution in [3.8, 4) is 0 Å². The minimum absolute atomic E-state index is 0. The first-order valence-electron chi connectivity index (χ1n) is 7.07. The van der Waals surface area contributed by atoms with Gasteiger partial charge in [0.15, 0.2) is 10.8 Å². The van der Waals surface area contributed by atoms with E-state index in [2.05, 4.69) is 20.3 Å². The molecule has 10 nitrogen and oxygen atoms in total. The smallest absolute Gasteiger partial charge is 0.353 e. The highest BCUT2D eigenvalue weighted by atomic mass is 35.5. The number of nitrogen functional groups attached to an aromatic ring is 1. The van der Waals surface area contributed by atoms with E-state index in [-0.39, 0.29) is 52.0 Å². The molecule has 27 heavy (non-hydrogen) atoms. The van der Waals surface area contributed by atoms with Crippen molar-refractivity contribution in [2.75, 3.05) is 12.8 Å². The standard InChI is InChI=1S/C13H12ClN5O5S2.ClH/c1-24-18-8(4-3-25-13(15)16-4)10(21)17-11-7(14)9(12(22)23)19-5(20)2-6(19)26-11;/h3,6,11H,2H2,1H3,(H2,15,16)(H,17,21)(H,22,23);1H/t6-,11?;/m1./s1. The van der Waals surface area contributed by atoms with E-state index >= 15 is 0 Å². The Kier molecular flexibility index (Phi) is 6.57. The van der Waals surface area contributed by atoms with E-state index in [0.717, 1.165) is 28.0 Å². The zero-order chi connectivity index (χ0) is 19.0. The zero-order valence-corrected chi connectivity index (χ0v) is 16.7. The summed E-state index contributed by atoms with van der Waals surface area (Å²) in [5.74, 6) is -2.34. The maximum atomic E-state index is 12.6. The second kappa shape index (κ2) is 8.33. The molecule has 0 spiro atoms. The Bertz CT molecular complexity index is 858. The Balaban J connectivity index is 0.00000261. The molecule has 0 aliphatic carbocycles. The van der Waals surface area contributed by atoms with Crippen molar-refractivity contribution in [3.05, 3.63) is 21.8 Å². The van der Waals surface area contributed by atoms with Crippen LogP contribution in [0, 0.1) is 0 Å². The first-order chi connectivity index (χ1) is 12.3. The number of anilines is 1. The Hall–Kier alpha value is -2.02. The van der Waals surface area contributed by atoms with Gasteiger partial charge >= 0.3 is 5.97 Å². The highest BCUT2D eigenvalue weighted by Gasteiger charge is 2.48. The largest absolute Gasteiger partial charge is 0.477 e. The number of carbonyl (C=O) groups excluding carboxylic acids is 2. The minimum atomic E-state index is -1.34. The first-order valence-corrected chi connectivity index (χ1v) is 9.27. The van der Waals surface area contributed by atoms with Crippen LogP contribution < -0.4 is 11.1 Å². The number of oxime groups is 1. The Morgan fingerprint density at radius 1 is 1.56 bits per heavy atom. The number of halogens is 2. The Morgan fingerprint density at radius 3 is 2.78 bits per heavy atom. The summed E-state index contributed by atoms with van der Waals surface area (Å²) >= 11 is 8.43. The number of carbonyl (C=O) groups is 3. The number of hydrogen-bond acceptors (Lipinski definition) is 9. The summed E-state index contributed by atoms with van der Waals surface area (Å²) in [5.41, 5.74) is 5.32. The van der Waals surface area contributed by atoms with Crippen LogP contribution in [0.25, 0.3) is 0 Å². The van der Waals surface area contributed by atoms with Crippen LogP contribution in [0.15, 0.2) is 21.3 Å². The molecule has 0 bridgehead atoms. The molecule has 2 aliphatic rings. The third-order valence-electron chi connectivity index (χ3n) is 3.52. The van der Waals surface area contributed by atoms with Crippen LogP contribution in [0.3, 0.4) is 0 Å². The van der Waals surface area contributed by atoms with Crippen molar-refractivity contribution >= 4 is 75.7 Å². The van der Waals surface area contributed by atoms with E-state index in [0.29, 0.717) is 0 Å². The fraction of sp³-hybridized carbons (Fsp3) is 0.308. The van der Waals surface area contributed by atoms with Crippen LogP contribution in [0.2, 0.25) is 0 Å². The average Bonchev–Trinajstić information content (AvgIpc) is 3.00. The van der Waals surface area contributed by atoms with Crippen LogP contribution in [0.5, 0.6) is 0 Å². The molecule has 1 fully saturated rings. The molecule has 14 heteroatoms. The molecule has 146 valence electrons. The molecule has 2 aliphatic heterocycles. The van der Waals surface area contributed by atoms with Gasteiger partial charge in [0, 0.05) is 5.38 Å². The normalized spacial score (nSPS) is 21.8. The SMILES string of the molecule is CON=C(C(=O)NC1S[C@@H]2CC(=O)N2C(C(=O)O)=C1Cl)c1csc(N)n1.Cl. The highest BCUT2D eigenvalue weighted by Crippen LogP contribution is 2.44. The van der Waals surface area contributed by atoms with Crippen molar-refractivity contribution in [3.63, 3.8) is 0 Å². The van der Waals surface area contributed by atoms with E-state index in [1.54, 1.807) is 0 Å². The molecule has 1 saturated heterocycles. The van der Waals surface area contributed by atoms with Crippen molar-refractivity contribution in [2.24, 2.45) is 5.16 Å². The number of hydrogen-bond donors (Lipinski definition) is 3. The van der Waals surface area contributed by atoms with Gasteiger partial charge in [-0.25, -0.2) is 9.78 Å². The molecule has 0 saturated carbocycles. The number of thioether (sulfide) groups is 1. The number of nitrogens with one attached hydrogen (secondary N) is 1. The quantitative estimate of drug-likeness (QED) is 0.336. The molecule has 3 rings (SSSR count). The van der Waals surface area contributed by atoms with E-state index in [4.69, 9.17) is 17.3 Å². The van der Waals surface area contributed by atoms with E-state index in [1.165, 1.54) is 12.5 Å². The molecular weight excluding hydrogens is 441 g/mol.